The third-order valence-electron chi connectivity index (χ3n) is 5.76. The van der Waals surface area contributed by atoms with E-state index in [1.54, 1.807) is 0 Å². The van der Waals surface area contributed by atoms with Gasteiger partial charge in [-0.2, -0.15) is 0 Å². The van der Waals surface area contributed by atoms with E-state index in [2.05, 4.69) is 19.9 Å². The van der Waals surface area contributed by atoms with Crippen LogP contribution >= 0.6 is 0 Å². The van der Waals surface area contributed by atoms with Crippen LogP contribution in [0.1, 0.15) is 78.1 Å². The lowest BCUT2D eigenvalue weighted by Gasteiger charge is -2.37. The van der Waals surface area contributed by atoms with E-state index in [9.17, 15) is 9.90 Å². The van der Waals surface area contributed by atoms with Gasteiger partial charge in [0.15, 0.2) is 0 Å². The number of hydrogen-bond donors (Lipinski definition) is 1. The van der Waals surface area contributed by atoms with Crippen molar-refractivity contribution in [1.82, 2.24) is 0 Å². The van der Waals surface area contributed by atoms with E-state index in [1.165, 1.54) is 24.8 Å². The molecule has 0 amide bonds. The molecule has 0 heterocycles. The zero-order valence-corrected chi connectivity index (χ0v) is 13.2. The maximum atomic E-state index is 12.1. The molecule has 0 aromatic rings. The van der Waals surface area contributed by atoms with Crippen molar-refractivity contribution in [2.75, 3.05) is 0 Å². The first-order chi connectivity index (χ1) is 9.65. The third kappa shape index (κ3) is 2.80. The zero-order chi connectivity index (χ0) is 14.6. The molecule has 2 aliphatic rings. The molecule has 2 heteroatoms. The summed E-state index contributed by atoms with van der Waals surface area (Å²) in [7, 11) is 0. The molecule has 0 radical (unpaired) electrons. The highest BCUT2D eigenvalue weighted by molar-refractivity contribution is 5.76. The summed E-state index contributed by atoms with van der Waals surface area (Å²) in [6.45, 7) is 4.26. The average molecular weight is 278 g/mol. The van der Waals surface area contributed by atoms with Gasteiger partial charge < -0.3 is 5.11 Å². The predicted molar refractivity (Wildman–Crippen MR) is 82.6 cm³/mol. The van der Waals surface area contributed by atoms with Crippen molar-refractivity contribution in [3.8, 4) is 0 Å². The Morgan fingerprint density at radius 1 is 1.30 bits per heavy atom. The first kappa shape index (κ1) is 15.6. The molecule has 0 bridgehead atoms. The number of rotatable bonds is 7. The van der Waals surface area contributed by atoms with Crippen LogP contribution in [-0.2, 0) is 4.79 Å². The fraction of sp³-hybridized carbons (Fsp3) is 0.833. The van der Waals surface area contributed by atoms with Gasteiger partial charge in [0.05, 0.1) is 5.41 Å². The Hall–Kier alpha value is -0.790. The number of unbranched alkanes of at least 4 members (excludes halogenated alkanes) is 2. The summed E-state index contributed by atoms with van der Waals surface area (Å²) < 4.78 is 0. The zero-order valence-electron chi connectivity index (χ0n) is 13.2. The molecule has 2 rings (SSSR count). The number of allylic oxidation sites excluding steroid dienone is 2. The van der Waals surface area contributed by atoms with E-state index in [0.717, 1.165) is 44.9 Å². The van der Waals surface area contributed by atoms with Crippen molar-refractivity contribution in [2.45, 2.75) is 78.1 Å². The highest BCUT2D eigenvalue weighted by atomic mass is 16.4. The number of carboxylic acids is 1. The predicted octanol–water partition coefficient (Wildman–Crippen LogP) is 5.18. The number of hydrogen-bond acceptors (Lipinski definition) is 1. The van der Waals surface area contributed by atoms with Crippen molar-refractivity contribution >= 4 is 5.97 Å². The summed E-state index contributed by atoms with van der Waals surface area (Å²) >= 11 is 0. The summed E-state index contributed by atoms with van der Waals surface area (Å²) in [5.41, 5.74) is 1.02. The quantitative estimate of drug-likeness (QED) is 0.514. The number of carbonyl (C=O) groups is 1. The van der Waals surface area contributed by atoms with Crippen LogP contribution in [0.3, 0.4) is 0 Å². The fourth-order valence-corrected chi connectivity index (χ4v) is 4.53. The Balaban J connectivity index is 2.21. The molecule has 0 spiro atoms. The summed E-state index contributed by atoms with van der Waals surface area (Å²) in [6, 6.07) is 0. The smallest absolute Gasteiger partial charge is 0.310 e. The SMILES string of the molecule is CCCCCC(CC)(C(=O)O)C1CCC2CCCC=C21. The maximum absolute atomic E-state index is 12.1. The van der Waals surface area contributed by atoms with Crippen LogP contribution in [0.4, 0.5) is 0 Å². The number of carboxylic acid groups (broad SMARTS) is 1. The van der Waals surface area contributed by atoms with Crippen LogP contribution in [0.2, 0.25) is 0 Å². The second kappa shape index (κ2) is 6.78. The van der Waals surface area contributed by atoms with Gasteiger partial charge in [-0.25, -0.2) is 0 Å². The fourth-order valence-electron chi connectivity index (χ4n) is 4.53. The highest BCUT2D eigenvalue weighted by Gasteiger charge is 2.49. The summed E-state index contributed by atoms with van der Waals surface area (Å²) in [5.74, 6) is 0.464. The van der Waals surface area contributed by atoms with Crippen molar-refractivity contribution in [2.24, 2.45) is 17.3 Å². The highest BCUT2D eigenvalue weighted by Crippen LogP contribution is 2.53. The molecule has 2 aliphatic carbocycles. The van der Waals surface area contributed by atoms with Crippen molar-refractivity contribution in [3.05, 3.63) is 11.6 Å². The minimum Gasteiger partial charge on any atom is -0.481 e. The summed E-state index contributed by atoms with van der Waals surface area (Å²) in [4.78, 5) is 12.1. The Morgan fingerprint density at radius 2 is 2.10 bits per heavy atom. The number of fused-ring (bicyclic) bond motifs is 1. The van der Waals surface area contributed by atoms with Gasteiger partial charge in [0.25, 0.3) is 0 Å². The van der Waals surface area contributed by atoms with Gasteiger partial charge in [0.1, 0.15) is 0 Å². The standard InChI is InChI=1S/C18H30O2/c1-3-5-8-13-18(4-2,17(19)20)16-12-11-14-9-6-7-10-15(14)16/h10,14,16H,3-9,11-13H2,1-2H3,(H,19,20). The van der Waals surface area contributed by atoms with E-state index < -0.39 is 11.4 Å². The molecule has 3 atom stereocenters. The Labute approximate surface area is 123 Å². The minimum atomic E-state index is -0.548. The normalized spacial score (nSPS) is 28.6. The van der Waals surface area contributed by atoms with E-state index >= 15 is 0 Å². The van der Waals surface area contributed by atoms with Crippen LogP contribution in [0, 0.1) is 17.3 Å². The van der Waals surface area contributed by atoms with E-state index in [1.807, 2.05) is 0 Å². The minimum absolute atomic E-state index is 0.312. The van der Waals surface area contributed by atoms with Gasteiger partial charge in [-0.1, -0.05) is 44.8 Å². The largest absolute Gasteiger partial charge is 0.481 e. The lowest BCUT2D eigenvalue weighted by atomic mass is 9.66. The Kier molecular flexibility index (Phi) is 5.29. The van der Waals surface area contributed by atoms with Crippen molar-refractivity contribution < 1.29 is 9.90 Å². The molecule has 0 saturated heterocycles. The summed E-state index contributed by atoms with van der Waals surface area (Å²) in [5, 5.41) is 9.95. The first-order valence-electron chi connectivity index (χ1n) is 8.59. The molecule has 114 valence electrons. The Morgan fingerprint density at radius 3 is 2.75 bits per heavy atom. The molecule has 20 heavy (non-hydrogen) atoms. The molecule has 1 N–H and O–H groups in total. The molecule has 1 saturated carbocycles. The molecule has 2 nitrogen and oxygen atoms in total. The molecule has 0 aromatic carbocycles. The maximum Gasteiger partial charge on any atom is 0.310 e. The van der Waals surface area contributed by atoms with Crippen molar-refractivity contribution in [3.63, 3.8) is 0 Å². The second-order valence-electron chi connectivity index (χ2n) is 6.73. The molecule has 0 aliphatic heterocycles. The van der Waals surface area contributed by atoms with Crippen LogP contribution < -0.4 is 0 Å². The molecular weight excluding hydrogens is 248 g/mol. The van der Waals surface area contributed by atoms with Gasteiger partial charge in [0.2, 0.25) is 0 Å². The molecule has 1 fully saturated rings. The van der Waals surface area contributed by atoms with Gasteiger partial charge in [-0.05, 0) is 56.8 Å². The van der Waals surface area contributed by atoms with Crippen LogP contribution in [-0.4, -0.2) is 11.1 Å². The lowest BCUT2D eigenvalue weighted by molar-refractivity contribution is -0.152. The van der Waals surface area contributed by atoms with Gasteiger partial charge in [-0.3, -0.25) is 4.79 Å². The van der Waals surface area contributed by atoms with Crippen LogP contribution in [0.15, 0.2) is 11.6 Å². The third-order valence-corrected chi connectivity index (χ3v) is 5.76. The Bertz CT molecular complexity index is 372. The van der Waals surface area contributed by atoms with Gasteiger partial charge >= 0.3 is 5.97 Å². The monoisotopic (exact) mass is 278 g/mol. The lowest BCUT2D eigenvalue weighted by Crippen LogP contribution is -2.38. The van der Waals surface area contributed by atoms with E-state index in [4.69, 9.17) is 0 Å². The number of aliphatic carboxylic acids is 1. The molecular formula is C18H30O2. The average Bonchev–Trinajstić information content (AvgIpc) is 2.88. The van der Waals surface area contributed by atoms with Crippen LogP contribution in [0.25, 0.3) is 0 Å². The van der Waals surface area contributed by atoms with Crippen LogP contribution in [0.5, 0.6) is 0 Å². The molecule has 0 aromatic heterocycles. The first-order valence-corrected chi connectivity index (χ1v) is 8.59. The molecule has 3 unspecified atom stereocenters. The topological polar surface area (TPSA) is 37.3 Å². The van der Waals surface area contributed by atoms with Gasteiger partial charge in [-0.15, -0.1) is 0 Å². The van der Waals surface area contributed by atoms with E-state index in [0.29, 0.717) is 11.8 Å². The van der Waals surface area contributed by atoms with Gasteiger partial charge in [0, 0.05) is 0 Å². The second-order valence-corrected chi connectivity index (χ2v) is 6.73. The summed E-state index contributed by atoms with van der Waals surface area (Å²) in [6.07, 6.45) is 13.5. The van der Waals surface area contributed by atoms with E-state index in [-0.39, 0.29) is 0 Å². The van der Waals surface area contributed by atoms with Crippen molar-refractivity contribution in [1.29, 1.82) is 0 Å².